The van der Waals surface area contributed by atoms with Gasteiger partial charge in [0.25, 0.3) is 0 Å². The van der Waals surface area contributed by atoms with Crippen LogP contribution in [0.25, 0.3) is 0 Å². The zero-order valence-corrected chi connectivity index (χ0v) is 15.5. The van der Waals surface area contributed by atoms with Gasteiger partial charge in [-0.05, 0) is 34.6 Å². The van der Waals surface area contributed by atoms with E-state index in [0.29, 0.717) is 17.7 Å². The van der Waals surface area contributed by atoms with E-state index in [0.717, 1.165) is 30.2 Å². The fraction of sp³-hybridized carbons (Fsp3) is 0.750. The summed E-state index contributed by atoms with van der Waals surface area (Å²) in [5.74, 6) is -0.00470. The van der Waals surface area contributed by atoms with Crippen molar-refractivity contribution in [3.05, 3.63) is 10.6 Å². The van der Waals surface area contributed by atoms with E-state index in [1.165, 1.54) is 11.3 Å². The van der Waals surface area contributed by atoms with Crippen LogP contribution >= 0.6 is 11.3 Å². The van der Waals surface area contributed by atoms with Crippen molar-refractivity contribution in [2.24, 2.45) is 0 Å². The van der Waals surface area contributed by atoms with Gasteiger partial charge in [0.15, 0.2) is 5.13 Å². The molecule has 1 saturated heterocycles. The van der Waals surface area contributed by atoms with Crippen molar-refractivity contribution in [3.8, 4) is 0 Å². The maximum Gasteiger partial charge on any atom is 0.243 e. The minimum atomic E-state index is -0.318. The molecule has 1 aliphatic rings. The van der Waals surface area contributed by atoms with Crippen LogP contribution < -0.4 is 5.32 Å². The van der Waals surface area contributed by atoms with Gasteiger partial charge < -0.3 is 10.4 Å². The molecule has 0 unspecified atom stereocenters. The van der Waals surface area contributed by atoms with Crippen LogP contribution in [0.2, 0.25) is 0 Å². The number of rotatable bonds is 5. The van der Waals surface area contributed by atoms with Crippen molar-refractivity contribution >= 4 is 22.4 Å². The highest BCUT2D eigenvalue weighted by Gasteiger charge is 2.30. The fourth-order valence-electron chi connectivity index (χ4n) is 2.89. The predicted molar refractivity (Wildman–Crippen MR) is 94.0 cm³/mol. The lowest BCUT2D eigenvalue weighted by molar-refractivity contribution is -0.122. The van der Waals surface area contributed by atoms with Gasteiger partial charge in [0.1, 0.15) is 0 Å². The van der Waals surface area contributed by atoms with Crippen molar-refractivity contribution in [3.63, 3.8) is 0 Å². The van der Waals surface area contributed by atoms with Gasteiger partial charge >= 0.3 is 0 Å². The Morgan fingerprint density at radius 3 is 2.65 bits per heavy atom. The van der Waals surface area contributed by atoms with Crippen LogP contribution in [-0.2, 0) is 4.79 Å². The van der Waals surface area contributed by atoms with Gasteiger partial charge in [-0.25, -0.2) is 4.98 Å². The standard InChI is InChI=1S/C16H28N4O2S/c1-10-8-20(7-6-19(10)9-11(2)21)13(4)15(22)18-16-17-12(3)14(5)23-16/h10-11,13,21H,6-9H2,1-5H3,(H,17,18,22)/t10-,11-,13+/m1/s1. The lowest BCUT2D eigenvalue weighted by Crippen LogP contribution is -2.57. The summed E-state index contributed by atoms with van der Waals surface area (Å²) in [6.45, 7) is 13.1. The Balaban J connectivity index is 1.90. The molecule has 2 rings (SSSR count). The molecule has 7 heteroatoms. The number of aliphatic hydroxyl groups is 1. The number of anilines is 1. The molecular weight excluding hydrogens is 312 g/mol. The number of β-amino-alcohol motifs (C(OH)–C–C–N with tert-alkyl or cyclic N) is 1. The van der Waals surface area contributed by atoms with E-state index < -0.39 is 0 Å². The summed E-state index contributed by atoms with van der Waals surface area (Å²) in [6, 6.07) is 0.147. The zero-order chi connectivity index (χ0) is 17.1. The molecule has 3 atom stereocenters. The third kappa shape index (κ3) is 4.73. The highest BCUT2D eigenvalue weighted by molar-refractivity contribution is 7.15. The smallest absolute Gasteiger partial charge is 0.243 e. The molecule has 1 aliphatic heterocycles. The molecule has 0 aromatic carbocycles. The first-order chi connectivity index (χ1) is 10.8. The Morgan fingerprint density at radius 1 is 1.43 bits per heavy atom. The Hall–Kier alpha value is -1.02. The van der Waals surface area contributed by atoms with Crippen molar-refractivity contribution in [1.82, 2.24) is 14.8 Å². The average molecular weight is 340 g/mol. The van der Waals surface area contributed by atoms with Gasteiger partial charge in [-0.1, -0.05) is 0 Å². The number of hydrogen-bond acceptors (Lipinski definition) is 6. The lowest BCUT2D eigenvalue weighted by Gasteiger charge is -2.42. The zero-order valence-electron chi connectivity index (χ0n) is 14.7. The second-order valence-electron chi connectivity index (χ2n) is 6.51. The molecule has 2 N–H and O–H groups in total. The number of aryl methyl sites for hydroxylation is 2. The van der Waals surface area contributed by atoms with Crippen LogP contribution in [0.3, 0.4) is 0 Å². The van der Waals surface area contributed by atoms with Gasteiger partial charge in [0, 0.05) is 37.1 Å². The van der Waals surface area contributed by atoms with E-state index in [2.05, 4.69) is 27.0 Å². The van der Waals surface area contributed by atoms with E-state index in [1.54, 1.807) is 0 Å². The molecule has 1 aromatic rings. The second kappa shape index (κ2) is 7.70. The molecule has 1 fully saturated rings. The quantitative estimate of drug-likeness (QED) is 0.850. The van der Waals surface area contributed by atoms with Crippen LogP contribution in [0.15, 0.2) is 0 Å². The van der Waals surface area contributed by atoms with Gasteiger partial charge in [-0.3, -0.25) is 14.6 Å². The highest BCUT2D eigenvalue weighted by Crippen LogP contribution is 2.22. The first kappa shape index (κ1) is 18.3. The minimum absolute atomic E-state index is 0.00470. The van der Waals surface area contributed by atoms with Crippen molar-refractivity contribution in [2.75, 3.05) is 31.5 Å². The molecule has 23 heavy (non-hydrogen) atoms. The van der Waals surface area contributed by atoms with Crippen LogP contribution in [-0.4, -0.2) is 70.2 Å². The molecule has 0 saturated carbocycles. The summed E-state index contributed by atoms with van der Waals surface area (Å²) >= 11 is 1.52. The number of nitrogens with one attached hydrogen (secondary N) is 1. The van der Waals surface area contributed by atoms with Gasteiger partial charge in [-0.15, -0.1) is 11.3 Å². The van der Waals surface area contributed by atoms with Crippen molar-refractivity contribution in [2.45, 2.75) is 52.8 Å². The number of nitrogens with zero attached hydrogens (tertiary/aromatic N) is 3. The summed E-state index contributed by atoms with van der Waals surface area (Å²) in [6.07, 6.45) is -0.318. The van der Waals surface area contributed by atoms with Gasteiger partial charge in [0.05, 0.1) is 17.8 Å². The molecule has 1 amide bonds. The molecule has 1 aromatic heterocycles. The molecule has 2 heterocycles. The largest absolute Gasteiger partial charge is 0.392 e. The number of aliphatic hydroxyl groups excluding tert-OH is 1. The predicted octanol–water partition coefficient (Wildman–Crippen LogP) is 1.47. The molecule has 0 radical (unpaired) electrons. The number of carbonyl (C=O) groups is 1. The first-order valence-corrected chi connectivity index (χ1v) is 9.00. The van der Waals surface area contributed by atoms with E-state index >= 15 is 0 Å². The van der Waals surface area contributed by atoms with Crippen molar-refractivity contribution < 1.29 is 9.90 Å². The third-order valence-corrected chi connectivity index (χ3v) is 5.47. The Morgan fingerprint density at radius 2 is 2.13 bits per heavy atom. The lowest BCUT2D eigenvalue weighted by atomic mass is 10.1. The van der Waals surface area contributed by atoms with E-state index in [4.69, 9.17) is 0 Å². The number of amides is 1. The molecule has 0 aliphatic carbocycles. The normalized spacial score (nSPS) is 22.8. The van der Waals surface area contributed by atoms with Crippen LogP contribution in [0, 0.1) is 13.8 Å². The van der Waals surface area contributed by atoms with Crippen LogP contribution in [0.1, 0.15) is 31.3 Å². The summed E-state index contributed by atoms with van der Waals surface area (Å²) in [4.78, 5) is 22.4. The van der Waals surface area contributed by atoms with E-state index in [1.807, 2.05) is 27.7 Å². The first-order valence-electron chi connectivity index (χ1n) is 8.19. The van der Waals surface area contributed by atoms with Crippen LogP contribution in [0.5, 0.6) is 0 Å². The Kier molecular flexibility index (Phi) is 6.13. The number of thiazole rings is 1. The maximum absolute atomic E-state index is 12.5. The third-order valence-electron chi connectivity index (χ3n) is 4.48. The topological polar surface area (TPSA) is 68.7 Å². The van der Waals surface area contributed by atoms with Gasteiger partial charge in [-0.2, -0.15) is 0 Å². The highest BCUT2D eigenvalue weighted by atomic mass is 32.1. The maximum atomic E-state index is 12.5. The minimum Gasteiger partial charge on any atom is -0.392 e. The SMILES string of the molecule is Cc1nc(NC(=O)[C@H](C)N2CCN(C[C@@H](C)O)[C@H](C)C2)sc1C. The molecule has 130 valence electrons. The number of aromatic nitrogens is 1. The van der Waals surface area contributed by atoms with Crippen molar-refractivity contribution in [1.29, 1.82) is 0 Å². The molecule has 0 spiro atoms. The Bertz CT molecular complexity index is 527. The summed E-state index contributed by atoms with van der Waals surface area (Å²) in [5.41, 5.74) is 0.971. The fourth-order valence-corrected chi connectivity index (χ4v) is 3.71. The summed E-state index contributed by atoms with van der Waals surface area (Å²) in [5, 5.41) is 13.2. The molecule has 0 bridgehead atoms. The monoisotopic (exact) mass is 340 g/mol. The number of hydrogen-bond donors (Lipinski definition) is 2. The second-order valence-corrected chi connectivity index (χ2v) is 7.72. The molecule has 6 nitrogen and oxygen atoms in total. The summed E-state index contributed by atoms with van der Waals surface area (Å²) < 4.78 is 0. The average Bonchev–Trinajstić information content (AvgIpc) is 2.78. The number of carbonyl (C=O) groups excluding carboxylic acids is 1. The molecular formula is C16H28N4O2S. The Labute approximate surface area is 142 Å². The van der Waals surface area contributed by atoms with E-state index in [-0.39, 0.29) is 18.1 Å². The number of piperazine rings is 1. The van der Waals surface area contributed by atoms with Gasteiger partial charge in [0.2, 0.25) is 5.91 Å². The van der Waals surface area contributed by atoms with E-state index in [9.17, 15) is 9.90 Å². The summed E-state index contributed by atoms with van der Waals surface area (Å²) in [7, 11) is 0. The van der Waals surface area contributed by atoms with Crippen LogP contribution in [0.4, 0.5) is 5.13 Å².